The van der Waals surface area contributed by atoms with Crippen LogP contribution < -0.4 is 5.32 Å². The first-order valence-corrected chi connectivity index (χ1v) is 14.5. The minimum Gasteiger partial charge on any atom is -0.396 e. The molecule has 2 aliphatic rings. The third-order valence-electron chi connectivity index (χ3n) is 7.80. The van der Waals surface area contributed by atoms with Crippen LogP contribution in [0, 0.1) is 5.92 Å². The van der Waals surface area contributed by atoms with Crippen molar-refractivity contribution in [2.75, 3.05) is 6.61 Å². The van der Waals surface area contributed by atoms with Crippen molar-refractivity contribution in [1.29, 1.82) is 0 Å². The monoisotopic (exact) mass is 537 g/mol. The quantitative estimate of drug-likeness (QED) is 0.212. The Bertz CT molecular complexity index is 1810. The molecule has 0 spiro atoms. The number of fused-ring (bicyclic) bond motifs is 10. The molecule has 0 unspecified atom stereocenters. The summed E-state index contributed by atoms with van der Waals surface area (Å²) in [6, 6.07) is 10.8. The van der Waals surface area contributed by atoms with Crippen LogP contribution in [0.1, 0.15) is 58.4 Å². The second-order valence-corrected chi connectivity index (χ2v) is 11.8. The average molecular weight is 538 g/mol. The Kier molecular flexibility index (Phi) is 5.63. The van der Waals surface area contributed by atoms with E-state index in [1.807, 2.05) is 24.7 Å². The van der Waals surface area contributed by atoms with Gasteiger partial charge in [-0.15, -0.1) is 11.3 Å². The predicted octanol–water partition coefficient (Wildman–Crippen LogP) is 6.04. The molecular weight excluding hydrogens is 506 g/mol. The molecule has 39 heavy (non-hydrogen) atoms. The standard InChI is InChI=1S/C31H31N5O2S/c1-5-38-34-29(25-7-6-12-39-25)18-8-11-24-20(13-18)27-21-14-32-31(37)28(21)26-19(30(27)36(24)15-17(2)3)9-10-23-22(26)16-35(4)33-23/h6-8,11-13,16-17H,5,9-10,14-15H2,1-4H3,(H,32,37)/b34-29+. The van der Waals surface area contributed by atoms with E-state index in [4.69, 9.17) is 9.94 Å². The van der Waals surface area contributed by atoms with Gasteiger partial charge in [0.25, 0.3) is 5.91 Å². The molecule has 0 saturated carbocycles. The summed E-state index contributed by atoms with van der Waals surface area (Å²) in [5.74, 6) is 0.476. The van der Waals surface area contributed by atoms with Gasteiger partial charge < -0.3 is 14.7 Å². The number of carbonyl (C=O) groups excluding carboxylic acids is 1. The summed E-state index contributed by atoms with van der Waals surface area (Å²) in [5.41, 5.74) is 10.7. The van der Waals surface area contributed by atoms with Crippen LogP contribution in [0.4, 0.5) is 0 Å². The molecule has 8 heteroatoms. The number of thiophene rings is 1. The van der Waals surface area contributed by atoms with Crippen molar-refractivity contribution < 1.29 is 9.63 Å². The van der Waals surface area contributed by atoms with Crippen LogP contribution in [0.3, 0.4) is 0 Å². The van der Waals surface area contributed by atoms with Gasteiger partial charge in [0.2, 0.25) is 0 Å². The van der Waals surface area contributed by atoms with Crippen molar-refractivity contribution in [3.8, 4) is 11.1 Å². The van der Waals surface area contributed by atoms with Gasteiger partial charge >= 0.3 is 0 Å². The van der Waals surface area contributed by atoms with E-state index in [1.165, 1.54) is 22.0 Å². The molecule has 0 fully saturated rings. The maximum atomic E-state index is 13.4. The minimum absolute atomic E-state index is 0.0120. The Morgan fingerprint density at radius 3 is 2.85 bits per heavy atom. The van der Waals surface area contributed by atoms with E-state index in [-0.39, 0.29) is 5.91 Å². The summed E-state index contributed by atoms with van der Waals surface area (Å²) in [4.78, 5) is 20.0. The fraction of sp³-hybridized carbons (Fsp3) is 0.323. The first-order valence-electron chi connectivity index (χ1n) is 13.6. The molecule has 3 aromatic heterocycles. The van der Waals surface area contributed by atoms with E-state index in [0.717, 1.165) is 68.9 Å². The van der Waals surface area contributed by atoms with Crippen LogP contribution in [-0.4, -0.2) is 32.6 Å². The average Bonchev–Trinajstić information content (AvgIpc) is 3.70. The van der Waals surface area contributed by atoms with Gasteiger partial charge in [-0.3, -0.25) is 9.48 Å². The number of hydrogen-bond donors (Lipinski definition) is 1. The Balaban J connectivity index is 1.59. The van der Waals surface area contributed by atoms with Crippen molar-refractivity contribution in [2.45, 2.75) is 46.7 Å². The van der Waals surface area contributed by atoms with Crippen molar-refractivity contribution in [3.05, 3.63) is 74.7 Å². The number of nitrogens with zero attached hydrogens (tertiary/aromatic N) is 4. The van der Waals surface area contributed by atoms with Crippen molar-refractivity contribution >= 4 is 44.8 Å². The second kappa shape index (κ2) is 9.09. The number of benzene rings is 2. The molecule has 2 aromatic carbocycles. The van der Waals surface area contributed by atoms with Gasteiger partial charge in [0, 0.05) is 59.3 Å². The van der Waals surface area contributed by atoms with Gasteiger partial charge in [0.15, 0.2) is 0 Å². The first-order chi connectivity index (χ1) is 19.0. The SMILES string of the molecule is CCO/N=C(\c1ccc2c(c1)c1c3c(c4c(c1n2CC(C)C)CCc1nn(C)cc1-4)C(=O)NC3)c1cccs1. The van der Waals surface area contributed by atoms with Gasteiger partial charge in [-0.2, -0.15) is 5.10 Å². The fourth-order valence-electron chi connectivity index (χ4n) is 6.40. The summed E-state index contributed by atoms with van der Waals surface area (Å²) in [7, 11) is 1.96. The van der Waals surface area contributed by atoms with Gasteiger partial charge in [-0.25, -0.2) is 0 Å². The van der Waals surface area contributed by atoms with Crippen molar-refractivity contribution in [2.24, 2.45) is 18.1 Å². The number of rotatable bonds is 6. The van der Waals surface area contributed by atoms with Gasteiger partial charge in [-0.05, 0) is 60.4 Å². The van der Waals surface area contributed by atoms with Crippen LogP contribution in [0.5, 0.6) is 0 Å². The Hall–Kier alpha value is -3.91. The molecule has 1 aliphatic carbocycles. The fourth-order valence-corrected chi connectivity index (χ4v) is 7.13. The van der Waals surface area contributed by atoms with Crippen LogP contribution in [0.25, 0.3) is 32.9 Å². The lowest BCUT2D eigenvalue weighted by atomic mass is 9.82. The molecule has 4 heterocycles. The molecule has 7 rings (SSSR count). The van der Waals surface area contributed by atoms with Crippen molar-refractivity contribution in [3.63, 3.8) is 0 Å². The maximum Gasteiger partial charge on any atom is 0.252 e. The van der Waals surface area contributed by atoms with Gasteiger partial charge in [0.1, 0.15) is 12.3 Å². The molecule has 0 radical (unpaired) electrons. The predicted molar refractivity (Wildman–Crippen MR) is 157 cm³/mol. The van der Waals surface area contributed by atoms with Crippen LogP contribution in [-0.2, 0) is 37.8 Å². The summed E-state index contributed by atoms with van der Waals surface area (Å²) in [6.45, 7) is 8.41. The zero-order valence-electron chi connectivity index (χ0n) is 22.7. The van der Waals surface area contributed by atoms with E-state index >= 15 is 0 Å². The van der Waals surface area contributed by atoms with Gasteiger partial charge in [-0.1, -0.05) is 31.1 Å². The number of aryl methyl sites for hydroxylation is 3. The van der Waals surface area contributed by atoms with E-state index in [0.29, 0.717) is 19.1 Å². The highest BCUT2D eigenvalue weighted by Crippen LogP contribution is 2.47. The lowest BCUT2D eigenvalue weighted by Crippen LogP contribution is -2.15. The summed E-state index contributed by atoms with van der Waals surface area (Å²) < 4.78 is 4.37. The van der Waals surface area contributed by atoms with Crippen LogP contribution >= 0.6 is 11.3 Å². The molecule has 7 nitrogen and oxygen atoms in total. The van der Waals surface area contributed by atoms with E-state index in [1.54, 1.807) is 11.3 Å². The van der Waals surface area contributed by atoms with E-state index in [2.05, 4.69) is 64.7 Å². The van der Waals surface area contributed by atoms with E-state index in [9.17, 15) is 4.79 Å². The normalized spacial score (nSPS) is 14.7. The Labute approximate surface area is 231 Å². The van der Waals surface area contributed by atoms with Crippen molar-refractivity contribution in [1.82, 2.24) is 19.7 Å². The molecule has 0 bridgehead atoms. The van der Waals surface area contributed by atoms with Crippen LogP contribution in [0.15, 0.2) is 47.1 Å². The molecule has 5 aromatic rings. The lowest BCUT2D eigenvalue weighted by molar-refractivity contribution is 0.0966. The number of nitrogens with one attached hydrogen (secondary N) is 1. The van der Waals surface area contributed by atoms with Gasteiger partial charge in [0.05, 0.1) is 21.7 Å². The van der Waals surface area contributed by atoms with E-state index < -0.39 is 0 Å². The van der Waals surface area contributed by atoms with Crippen LogP contribution in [0.2, 0.25) is 0 Å². The highest BCUT2D eigenvalue weighted by Gasteiger charge is 2.35. The second-order valence-electron chi connectivity index (χ2n) is 10.8. The third-order valence-corrected chi connectivity index (χ3v) is 8.68. The molecule has 198 valence electrons. The largest absolute Gasteiger partial charge is 0.396 e. The topological polar surface area (TPSA) is 73.4 Å². The number of carbonyl (C=O) groups is 1. The highest BCUT2D eigenvalue weighted by molar-refractivity contribution is 7.12. The number of oxime groups is 1. The Morgan fingerprint density at radius 1 is 1.21 bits per heavy atom. The number of aromatic nitrogens is 3. The Morgan fingerprint density at radius 2 is 2.08 bits per heavy atom. The first kappa shape index (κ1) is 24.2. The molecule has 1 aliphatic heterocycles. The third kappa shape index (κ3) is 3.65. The summed E-state index contributed by atoms with van der Waals surface area (Å²) in [6.07, 6.45) is 3.82. The molecule has 1 N–H and O–H groups in total. The number of amides is 1. The molecular formula is C31H31N5O2S. The molecule has 0 atom stereocenters. The highest BCUT2D eigenvalue weighted by atomic mass is 32.1. The zero-order valence-corrected chi connectivity index (χ0v) is 23.5. The molecule has 1 amide bonds. The summed E-state index contributed by atoms with van der Waals surface area (Å²) in [5, 5.41) is 16.8. The molecule has 0 saturated heterocycles. The zero-order chi connectivity index (χ0) is 26.8. The lowest BCUT2D eigenvalue weighted by Gasteiger charge is -2.22. The maximum absolute atomic E-state index is 13.4. The number of hydrogen-bond acceptors (Lipinski definition) is 5. The minimum atomic E-state index is 0.0120. The smallest absolute Gasteiger partial charge is 0.252 e. The summed E-state index contributed by atoms with van der Waals surface area (Å²) >= 11 is 1.65.